The number of esters is 1. The molecule has 1 amide bonds. The Morgan fingerprint density at radius 3 is 2.29 bits per heavy atom. The van der Waals surface area contributed by atoms with Crippen LogP contribution in [-0.4, -0.2) is 41.7 Å². The number of rotatable bonds is 7. The van der Waals surface area contributed by atoms with E-state index in [1.54, 1.807) is 12.1 Å². The summed E-state index contributed by atoms with van der Waals surface area (Å²) in [6.45, 7) is 12.0. The van der Waals surface area contributed by atoms with Crippen LogP contribution in [0.25, 0.3) is 0 Å². The van der Waals surface area contributed by atoms with Crippen molar-refractivity contribution in [3.05, 3.63) is 39.9 Å². The molecule has 0 saturated heterocycles. The van der Waals surface area contributed by atoms with E-state index in [4.69, 9.17) is 9.47 Å². The summed E-state index contributed by atoms with van der Waals surface area (Å²) >= 11 is 0. The van der Waals surface area contributed by atoms with E-state index in [1.165, 1.54) is 19.2 Å². The third kappa shape index (κ3) is 5.42. The average molecular weight is 435 g/mol. The second-order valence-electron chi connectivity index (χ2n) is 9.99. The quantitative estimate of drug-likeness (QED) is 0.397. The summed E-state index contributed by atoms with van der Waals surface area (Å²) in [4.78, 5) is 36.2. The van der Waals surface area contributed by atoms with Gasteiger partial charge in [0.05, 0.1) is 29.2 Å². The van der Waals surface area contributed by atoms with Crippen LogP contribution in [0, 0.1) is 20.9 Å². The molecule has 2 rings (SSSR count). The molecule has 8 heteroatoms. The predicted octanol–water partition coefficient (Wildman–Crippen LogP) is 3.81. The average Bonchev–Trinajstić information content (AvgIpc) is 2.90. The summed E-state index contributed by atoms with van der Waals surface area (Å²) in [5, 5.41) is 13.7. The van der Waals surface area contributed by atoms with Crippen molar-refractivity contribution in [2.24, 2.45) is 10.8 Å². The molecule has 1 aromatic carbocycles. The first-order chi connectivity index (χ1) is 14.2. The maximum atomic E-state index is 13.4. The van der Waals surface area contributed by atoms with Crippen molar-refractivity contribution < 1.29 is 24.0 Å². The van der Waals surface area contributed by atoms with Crippen LogP contribution in [0.1, 0.15) is 59.9 Å². The summed E-state index contributed by atoms with van der Waals surface area (Å²) in [5.74, 6) is -0.789. The molecule has 8 nitrogen and oxygen atoms in total. The van der Waals surface area contributed by atoms with Crippen molar-refractivity contribution in [3.8, 4) is 0 Å². The van der Waals surface area contributed by atoms with Gasteiger partial charge in [-0.1, -0.05) is 32.9 Å². The molecule has 1 N–H and O–H groups in total. The van der Waals surface area contributed by atoms with Crippen LogP contribution in [0.3, 0.4) is 0 Å². The van der Waals surface area contributed by atoms with Gasteiger partial charge in [0.15, 0.2) is 0 Å². The Morgan fingerprint density at radius 2 is 1.81 bits per heavy atom. The molecule has 0 heterocycles. The third-order valence-electron chi connectivity index (χ3n) is 6.51. The summed E-state index contributed by atoms with van der Waals surface area (Å²) in [6.07, 6.45) is 1.47. The van der Waals surface area contributed by atoms with E-state index >= 15 is 0 Å². The lowest BCUT2D eigenvalue weighted by molar-refractivity contribution is -0.384. The zero-order chi connectivity index (χ0) is 23.6. The number of carbonyl (C=O) groups excluding carboxylic acids is 2. The van der Waals surface area contributed by atoms with Gasteiger partial charge in [-0.25, -0.2) is 4.79 Å². The fraction of sp³-hybridized carbons (Fsp3) is 0.652. The van der Waals surface area contributed by atoms with Crippen LogP contribution in [-0.2, 0) is 25.5 Å². The Bertz CT molecular complexity index is 827. The first-order valence-electron chi connectivity index (χ1n) is 10.5. The maximum absolute atomic E-state index is 13.4. The van der Waals surface area contributed by atoms with Gasteiger partial charge >= 0.3 is 5.97 Å². The Hall–Kier alpha value is -2.48. The first-order valence-corrected chi connectivity index (χ1v) is 10.5. The summed E-state index contributed by atoms with van der Waals surface area (Å²) in [6, 6.07) is 5.01. The number of methoxy groups -OCH3 is 1. The van der Waals surface area contributed by atoms with E-state index in [1.807, 2.05) is 41.5 Å². The van der Waals surface area contributed by atoms with Crippen LogP contribution < -0.4 is 5.32 Å². The van der Waals surface area contributed by atoms with E-state index in [0.717, 1.165) is 6.42 Å². The third-order valence-corrected chi connectivity index (χ3v) is 6.51. The molecule has 2 unspecified atom stereocenters. The number of hydrogen-bond acceptors (Lipinski definition) is 6. The zero-order valence-electron chi connectivity index (χ0n) is 19.5. The van der Waals surface area contributed by atoms with Gasteiger partial charge < -0.3 is 14.8 Å². The Labute approximate surface area is 183 Å². The molecule has 0 aliphatic heterocycles. The topological polar surface area (TPSA) is 108 Å². The van der Waals surface area contributed by atoms with Crippen LogP contribution in [0.4, 0.5) is 5.69 Å². The van der Waals surface area contributed by atoms with Gasteiger partial charge in [-0.2, -0.15) is 0 Å². The highest BCUT2D eigenvalue weighted by atomic mass is 16.6. The van der Waals surface area contributed by atoms with Gasteiger partial charge in [0.1, 0.15) is 6.04 Å². The molecule has 1 fully saturated rings. The first kappa shape index (κ1) is 24.8. The highest BCUT2D eigenvalue weighted by Gasteiger charge is 2.57. The fourth-order valence-corrected chi connectivity index (χ4v) is 4.14. The van der Waals surface area contributed by atoms with Gasteiger partial charge in [0.25, 0.3) is 5.69 Å². The molecule has 172 valence electrons. The molecule has 1 aliphatic rings. The molecule has 0 aromatic heterocycles. The van der Waals surface area contributed by atoms with Crippen molar-refractivity contribution >= 4 is 17.6 Å². The van der Waals surface area contributed by atoms with Gasteiger partial charge in [-0.15, -0.1) is 0 Å². The minimum atomic E-state index is -0.894. The number of nitro benzene ring substituents is 1. The van der Waals surface area contributed by atoms with E-state index in [0.29, 0.717) is 12.0 Å². The number of non-ortho nitro benzene ring substituents is 1. The number of amides is 1. The molecule has 0 bridgehead atoms. The number of nitrogens with zero attached hydrogens (tertiary/aromatic N) is 1. The predicted molar refractivity (Wildman–Crippen MR) is 116 cm³/mol. The lowest BCUT2D eigenvalue weighted by Gasteiger charge is -2.42. The second-order valence-corrected chi connectivity index (χ2v) is 9.99. The number of ether oxygens (including phenoxy) is 2. The highest BCUT2D eigenvalue weighted by Crippen LogP contribution is 2.54. The van der Waals surface area contributed by atoms with Crippen molar-refractivity contribution in [1.82, 2.24) is 5.32 Å². The molecule has 1 aromatic rings. The lowest BCUT2D eigenvalue weighted by atomic mass is 9.67. The molecule has 31 heavy (non-hydrogen) atoms. The van der Waals surface area contributed by atoms with Gasteiger partial charge in [-0.3, -0.25) is 14.9 Å². The van der Waals surface area contributed by atoms with E-state index < -0.39 is 27.8 Å². The molecular weight excluding hydrogens is 400 g/mol. The number of carbonyl (C=O) groups is 2. The monoisotopic (exact) mass is 434 g/mol. The molecular formula is C23H34N2O6. The van der Waals surface area contributed by atoms with Crippen molar-refractivity contribution in [2.75, 3.05) is 7.11 Å². The Morgan fingerprint density at radius 1 is 1.23 bits per heavy atom. The second kappa shape index (κ2) is 8.94. The van der Waals surface area contributed by atoms with Gasteiger partial charge in [0.2, 0.25) is 5.91 Å². The van der Waals surface area contributed by atoms with Crippen LogP contribution >= 0.6 is 0 Å². The van der Waals surface area contributed by atoms with Gasteiger partial charge in [-0.05, 0) is 39.2 Å². The highest BCUT2D eigenvalue weighted by molar-refractivity contribution is 5.88. The lowest BCUT2D eigenvalue weighted by Crippen LogP contribution is -2.54. The Balaban J connectivity index is 2.20. The van der Waals surface area contributed by atoms with Crippen molar-refractivity contribution in [3.63, 3.8) is 0 Å². The van der Waals surface area contributed by atoms with Crippen molar-refractivity contribution in [1.29, 1.82) is 0 Å². The Kier molecular flexibility index (Phi) is 7.15. The number of nitrogens with one attached hydrogen (secondary N) is 1. The SMILES string of the molecule is COC(=O)[C@H](Cc1ccc([N+](=O)[O-])cc1)NC(=O)C1(C)CCC(OC(C)(C)C)C1(C)C. The molecule has 1 aliphatic carbocycles. The number of nitro groups is 1. The maximum Gasteiger partial charge on any atom is 0.328 e. The van der Waals surface area contributed by atoms with Crippen molar-refractivity contribution in [2.45, 2.75) is 78.6 Å². The van der Waals surface area contributed by atoms with Crippen LogP contribution in [0.5, 0.6) is 0 Å². The van der Waals surface area contributed by atoms with E-state index in [-0.39, 0.29) is 29.7 Å². The molecule has 0 radical (unpaired) electrons. The van der Waals surface area contributed by atoms with E-state index in [9.17, 15) is 19.7 Å². The number of hydrogen-bond donors (Lipinski definition) is 1. The standard InChI is InChI=1S/C23H34N2O6/c1-21(2,3)31-18-12-13-23(6,22(18,4)5)20(27)24-17(19(26)30-7)14-15-8-10-16(11-9-15)25(28)29/h8-11,17-18H,12-14H2,1-7H3,(H,24,27)/t17-,18?,23?/m0/s1. The summed E-state index contributed by atoms with van der Waals surface area (Å²) < 4.78 is 11.1. The largest absolute Gasteiger partial charge is 0.467 e. The molecule has 0 spiro atoms. The minimum absolute atomic E-state index is 0.0347. The zero-order valence-corrected chi connectivity index (χ0v) is 19.5. The normalized spacial score (nSPS) is 23.8. The molecule has 1 saturated carbocycles. The van der Waals surface area contributed by atoms with E-state index in [2.05, 4.69) is 5.32 Å². The summed E-state index contributed by atoms with van der Waals surface area (Å²) in [5.41, 5.74) is -0.851. The molecule has 3 atom stereocenters. The minimum Gasteiger partial charge on any atom is -0.467 e. The van der Waals surface area contributed by atoms with Gasteiger partial charge in [0, 0.05) is 24.0 Å². The fourth-order valence-electron chi connectivity index (χ4n) is 4.14. The summed E-state index contributed by atoms with van der Waals surface area (Å²) in [7, 11) is 1.27. The van der Waals surface area contributed by atoms with Crippen LogP contribution in [0.15, 0.2) is 24.3 Å². The van der Waals surface area contributed by atoms with Crippen LogP contribution in [0.2, 0.25) is 0 Å². The number of benzene rings is 1. The smallest absolute Gasteiger partial charge is 0.328 e.